The van der Waals surface area contributed by atoms with Crippen LogP contribution in [-0.4, -0.2) is 35.9 Å². The summed E-state index contributed by atoms with van der Waals surface area (Å²) in [5.41, 5.74) is -0.860. The van der Waals surface area contributed by atoms with Crippen LogP contribution < -0.4 is 5.32 Å². The van der Waals surface area contributed by atoms with Crippen molar-refractivity contribution in [3.63, 3.8) is 0 Å². The maximum absolute atomic E-state index is 11.8. The highest BCUT2D eigenvalue weighted by Crippen LogP contribution is 2.29. The highest BCUT2D eigenvalue weighted by Gasteiger charge is 2.29. The maximum atomic E-state index is 11.8. The number of hydrogen-bond acceptors (Lipinski definition) is 3. The van der Waals surface area contributed by atoms with Crippen LogP contribution in [0, 0.1) is 11.8 Å². The fourth-order valence-corrected chi connectivity index (χ4v) is 1.66. The molecule has 2 N–H and O–H groups in total. The average Bonchev–Trinajstić information content (AvgIpc) is 3.15. The number of aliphatic hydroxyl groups is 1. The van der Waals surface area contributed by atoms with Crippen LogP contribution in [0.4, 0.5) is 0 Å². The van der Waals surface area contributed by atoms with Gasteiger partial charge in [0.25, 0.3) is 0 Å². The number of rotatable bonds is 8. The minimum absolute atomic E-state index is 0.140. The second kappa shape index (κ2) is 6.53. The molecule has 0 bridgehead atoms. The smallest absolute Gasteiger partial charge is 0.248 e. The molecule has 0 radical (unpaired) electrons. The van der Waals surface area contributed by atoms with Crippen molar-refractivity contribution < 1.29 is 14.6 Å². The van der Waals surface area contributed by atoms with E-state index in [0.29, 0.717) is 12.5 Å². The van der Waals surface area contributed by atoms with Crippen molar-refractivity contribution in [2.45, 2.75) is 58.7 Å². The molecule has 0 spiro atoms. The van der Waals surface area contributed by atoms with Crippen molar-refractivity contribution in [3.05, 3.63) is 0 Å². The number of carbonyl (C=O) groups excluding carboxylic acids is 1. The van der Waals surface area contributed by atoms with Gasteiger partial charge in [-0.15, -0.1) is 0 Å². The number of nitrogens with one attached hydrogen (secondary N) is 1. The third-order valence-electron chi connectivity index (χ3n) is 3.94. The molecule has 3 unspecified atom stereocenters. The molecule has 1 saturated carbocycles. The van der Waals surface area contributed by atoms with Gasteiger partial charge in [0.1, 0.15) is 6.10 Å². The van der Waals surface area contributed by atoms with E-state index in [1.165, 1.54) is 12.8 Å². The van der Waals surface area contributed by atoms with E-state index in [-0.39, 0.29) is 18.4 Å². The Balaban J connectivity index is 2.25. The maximum Gasteiger partial charge on any atom is 0.248 e. The van der Waals surface area contributed by atoms with Crippen LogP contribution in [0.25, 0.3) is 0 Å². The summed E-state index contributed by atoms with van der Waals surface area (Å²) in [6, 6.07) is 0. The number of carbonyl (C=O) groups is 1. The van der Waals surface area contributed by atoms with Gasteiger partial charge < -0.3 is 15.2 Å². The molecule has 4 nitrogen and oxygen atoms in total. The Morgan fingerprint density at radius 2 is 2.11 bits per heavy atom. The number of amides is 1. The molecule has 0 aromatic heterocycles. The van der Waals surface area contributed by atoms with Gasteiger partial charge in [-0.1, -0.05) is 20.3 Å². The summed E-state index contributed by atoms with van der Waals surface area (Å²) in [7, 11) is 0. The van der Waals surface area contributed by atoms with Crippen molar-refractivity contribution in [3.8, 4) is 0 Å². The van der Waals surface area contributed by atoms with E-state index in [0.717, 1.165) is 6.42 Å². The Morgan fingerprint density at radius 1 is 1.50 bits per heavy atom. The van der Waals surface area contributed by atoms with Gasteiger partial charge in [-0.05, 0) is 38.5 Å². The van der Waals surface area contributed by atoms with Crippen LogP contribution in [-0.2, 0) is 9.53 Å². The normalized spacial score (nSPS) is 22.1. The molecular weight excluding hydrogens is 230 g/mol. The van der Waals surface area contributed by atoms with E-state index in [1.54, 1.807) is 13.8 Å². The van der Waals surface area contributed by atoms with Crippen LogP contribution >= 0.6 is 0 Å². The van der Waals surface area contributed by atoms with Crippen molar-refractivity contribution in [2.24, 2.45) is 11.8 Å². The lowest BCUT2D eigenvalue weighted by molar-refractivity contribution is -0.133. The first-order chi connectivity index (χ1) is 8.36. The lowest BCUT2D eigenvalue weighted by Gasteiger charge is -2.30. The predicted octanol–water partition coefficient (Wildman–Crippen LogP) is 1.71. The Kier molecular flexibility index (Phi) is 5.60. The zero-order valence-corrected chi connectivity index (χ0v) is 12.0. The van der Waals surface area contributed by atoms with Crippen LogP contribution in [0.3, 0.4) is 0 Å². The van der Waals surface area contributed by atoms with Gasteiger partial charge in [0.2, 0.25) is 5.91 Å². The van der Waals surface area contributed by atoms with Gasteiger partial charge in [0.05, 0.1) is 12.2 Å². The quantitative estimate of drug-likeness (QED) is 0.696. The molecule has 18 heavy (non-hydrogen) atoms. The van der Waals surface area contributed by atoms with Crippen LogP contribution in [0.1, 0.15) is 47.0 Å². The minimum atomic E-state index is -0.860. The molecule has 1 rings (SSSR count). The second-order valence-electron chi connectivity index (χ2n) is 5.80. The molecule has 0 aliphatic heterocycles. The molecule has 1 amide bonds. The second-order valence-corrected chi connectivity index (χ2v) is 5.80. The first kappa shape index (κ1) is 15.4. The summed E-state index contributed by atoms with van der Waals surface area (Å²) in [5, 5.41) is 13.0. The number of ether oxygens (including phenoxy) is 1. The van der Waals surface area contributed by atoms with Gasteiger partial charge in [-0.25, -0.2) is 0 Å². The highest BCUT2D eigenvalue weighted by molar-refractivity contribution is 5.80. The molecule has 0 heterocycles. The van der Waals surface area contributed by atoms with Crippen LogP contribution in [0.5, 0.6) is 0 Å². The molecule has 1 fully saturated rings. The fourth-order valence-electron chi connectivity index (χ4n) is 1.66. The standard InChI is InChI=1S/C14H27NO3/c1-5-10(2)14(4,17)9-15-13(16)11(3)18-8-12-6-7-12/h10-12,17H,5-9H2,1-4H3,(H,15,16). The Labute approximate surface area is 110 Å². The molecule has 0 aromatic carbocycles. The Morgan fingerprint density at radius 3 is 2.61 bits per heavy atom. The van der Waals surface area contributed by atoms with Crippen LogP contribution in [0.2, 0.25) is 0 Å². The van der Waals surface area contributed by atoms with Crippen molar-refractivity contribution in [2.75, 3.05) is 13.2 Å². The molecule has 3 atom stereocenters. The summed E-state index contributed by atoms with van der Waals surface area (Å²) in [4.78, 5) is 11.8. The van der Waals surface area contributed by atoms with Crippen molar-refractivity contribution >= 4 is 5.91 Å². The number of hydrogen-bond donors (Lipinski definition) is 2. The highest BCUT2D eigenvalue weighted by atomic mass is 16.5. The lowest BCUT2D eigenvalue weighted by Crippen LogP contribution is -2.47. The molecule has 0 aromatic rings. The summed E-state index contributed by atoms with van der Waals surface area (Å²) in [6.07, 6.45) is 2.89. The third kappa shape index (κ3) is 4.94. The van der Waals surface area contributed by atoms with Gasteiger partial charge in [-0.3, -0.25) is 4.79 Å². The first-order valence-corrected chi connectivity index (χ1v) is 6.98. The van der Waals surface area contributed by atoms with E-state index in [1.807, 2.05) is 13.8 Å². The molecule has 4 heteroatoms. The molecule has 0 saturated heterocycles. The van der Waals surface area contributed by atoms with Crippen molar-refractivity contribution in [1.82, 2.24) is 5.32 Å². The van der Waals surface area contributed by atoms with Gasteiger partial charge in [0, 0.05) is 6.54 Å². The van der Waals surface area contributed by atoms with Crippen molar-refractivity contribution in [1.29, 1.82) is 0 Å². The zero-order valence-electron chi connectivity index (χ0n) is 12.0. The fraction of sp³-hybridized carbons (Fsp3) is 0.929. The van der Waals surface area contributed by atoms with E-state index in [2.05, 4.69) is 5.32 Å². The van der Waals surface area contributed by atoms with E-state index in [9.17, 15) is 9.90 Å². The summed E-state index contributed by atoms with van der Waals surface area (Å²) in [6.45, 7) is 8.49. The largest absolute Gasteiger partial charge is 0.388 e. The molecule has 1 aliphatic carbocycles. The van der Waals surface area contributed by atoms with Gasteiger partial charge in [0.15, 0.2) is 0 Å². The van der Waals surface area contributed by atoms with E-state index in [4.69, 9.17) is 4.74 Å². The van der Waals surface area contributed by atoms with E-state index < -0.39 is 11.7 Å². The molecule has 106 valence electrons. The Hall–Kier alpha value is -0.610. The Bertz CT molecular complexity index is 274. The monoisotopic (exact) mass is 257 g/mol. The SMILES string of the molecule is CCC(C)C(C)(O)CNC(=O)C(C)OCC1CC1. The summed E-state index contributed by atoms with van der Waals surface area (Å²) in [5.74, 6) is 0.670. The molecule has 1 aliphatic rings. The lowest BCUT2D eigenvalue weighted by atomic mass is 9.88. The molecular formula is C14H27NO3. The minimum Gasteiger partial charge on any atom is -0.388 e. The first-order valence-electron chi connectivity index (χ1n) is 6.98. The van der Waals surface area contributed by atoms with Gasteiger partial charge >= 0.3 is 0 Å². The van der Waals surface area contributed by atoms with Gasteiger partial charge in [-0.2, -0.15) is 0 Å². The van der Waals surface area contributed by atoms with Crippen LogP contribution in [0.15, 0.2) is 0 Å². The third-order valence-corrected chi connectivity index (χ3v) is 3.94. The predicted molar refractivity (Wildman–Crippen MR) is 71.2 cm³/mol. The average molecular weight is 257 g/mol. The summed E-state index contributed by atoms with van der Waals surface area (Å²) >= 11 is 0. The summed E-state index contributed by atoms with van der Waals surface area (Å²) < 4.78 is 5.49. The zero-order chi connectivity index (χ0) is 13.8. The topological polar surface area (TPSA) is 58.6 Å². The van der Waals surface area contributed by atoms with E-state index >= 15 is 0 Å².